The van der Waals surface area contributed by atoms with E-state index in [1.165, 1.54) is 0 Å². The van der Waals surface area contributed by atoms with Crippen LogP contribution < -0.4 is 0 Å². The minimum atomic E-state index is -0.769. The van der Waals surface area contributed by atoms with Gasteiger partial charge in [0.25, 0.3) is 5.91 Å². The number of nitrogens with zero attached hydrogens (tertiary/aromatic N) is 3. The number of rotatable bonds is 6. The molecule has 2 aliphatic heterocycles. The van der Waals surface area contributed by atoms with Crippen LogP contribution in [0, 0.1) is 0 Å². The van der Waals surface area contributed by atoms with Crippen molar-refractivity contribution in [3.8, 4) is 22.8 Å². The van der Waals surface area contributed by atoms with E-state index < -0.39 is 17.1 Å². The van der Waals surface area contributed by atoms with Crippen LogP contribution in [0.5, 0.6) is 0 Å². The number of benzene rings is 2. The summed E-state index contributed by atoms with van der Waals surface area (Å²) in [6.45, 7) is 1.38. The highest BCUT2D eigenvalue weighted by atomic mass is 35.5. The van der Waals surface area contributed by atoms with Crippen molar-refractivity contribution in [1.29, 1.82) is 0 Å². The Morgan fingerprint density at radius 3 is 2.53 bits per heavy atom. The molecule has 2 fully saturated rings. The fraction of sp³-hybridized carbons (Fsp3) is 0.320. The van der Waals surface area contributed by atoms with Gasteiger partial charge in [-0.05, 0) is 24.3 Å². The van der Waals surface area contributed by atoms with Crippen molar-refractivity contribution in [2.24, 2.45) is 7.05 Å². The third kappa shape index (κ3) is 4.04. The molecular weight excluding hydrogens is 474 g/mol. The molecule has 0 atom stereocenters. The van der Waals surface area contributed by atoms with E-state index in [2.05, 4.69) is 27.7 Å². The number of para-hydroxylation sites is 1. The van der Waals surface area contributed by atoms with Gasteiger partial charge in [0, 0.05) is 54.5 Å². The summed E-state index contributed by atoms with van der Waals surface area (Å²) < 4.78 is 20.2. The van der Waals surface area contributed by atoms with Gasteiger partial charge in [0.1, 0.15) is 28.7 Å². The third-order valence-corrected chi connectivity index (χ3v) is 8.12. The van der Waals surface area contributed by atoms with Crippen LogP contribution in [-0.4, -0.2) is 49.5 Å². The molecule has 9 heteroatoms. The zero-order chi connectivity index (χ0) is 23.3. The zero-order valence-electron chi connectivity index (χ0n) is 18.7. The molecule has 0 aliphatic carbocycles. The van der Waals surface area contributed by atoms with E-state index in [1.54, 1.807) is 0 Å². The van der Waals surface area contributed by atoms with Crippen LogP contribution in [0.15, 0.2) is 59.0 Å². The summed E-state index contributed by atoms with van der Waals surface area (Å²) in [4.78, 5) is 17.9. The largest absolute Gasteiger partial charge is 0.616 e. The van der Waals surface area contributed by atoms with Crippen LogP contribution in [-0.2, 0) is 34.4 Å². The quantitative estimate of drug-likeness (QED) is 0.217. The lowest BCUT2D eigenvalue weighted by molar-refractivity contribution is 0.0762. The van der Waals surface area contributed by atoms with Gasteiger partial charge in [-0.1, -0.05) is 53.1 Å². The van der Waals surface area contributed by atoms with Crippen LogP contribution >= 0.6 is 11.6 Å². The Balaban J connectivity index is 1.33. The van der Waals surface area contributed by atoms with Gasteiger partial charge in [-0.2, -0.15) is 9.78 Å². The summed E-state index contributed by atoms with van der Waals surface area (Å²) in [5, 5.41) is 1.80. The Morgan fingerprint density at radius 1 is 1.09 bits per heavy atom. The normalized spacial score (nSPS) is 18.6. The van der Waals surface area contributed by atoms with Crippen LogP contribution in [0.3, 0.4) is 0 Å². The minimum absolute atomic E-state index is 0.568. The molecule has 4 aromatic rings. The second kappa shape index (κ2) is 8.71. The summed E-state index contributed by atoms with van der Waals surface area (Å²) in [5.74, 6) is 1.84. The first-order valence-corrected chi connectivity index (χ1v) is 13.2. The number of hydrogen-bond acceptors (Lipinski definition) is 6. The molecule has 6 rings (SSSR count). The van der Waals surface area contributed by atoms with Gasteiger partial charge in [0.05, 0.1) is 0 Å². The molecule has 34 heavy (non-hydrogen) atoms. The fourth-order valence-corrected chi connectivity index (χ4v) is 5.78. The highest BCUT2D eigenvalue weighted by Crippen LogP contribution is 2.41. The first-order valence-electron chi connectivity index (χ1n) is 11.3. The maximum atomic E-state index is 11.8. The van der Waals surface area contributed by atoms with Crippen molar-refractivity contribution in [1.82, 2.24) is 14.5 Å². The number of oxazole rings is 1. The van der Waals surface area contributed by atoms with Crippen molar-refractivity contribution in [2.45, 2.75) is 18.8 Å². The molecule has 0 unspecified atom stereocenters. The number of halogens is 1. The number of fused-ring (bicyclic) bond motifs is 1. The van der Waals surface area contributed by atoms with E-state index in [-0.39, 0.29) is 0 Å². The van der Waals surface area contributed by atoms with E-state index >= 15 is 0 Å². The monoisotopic (exact) mass is 497 g/mol. The van der Waals surface area contributed by atoms with E-state index in [1.807, 2.05) is 43.4 Å². The Labute approximate surface area is 205 Å². The van der Waals surface area contributed by atoms with Gasteiger partial charge in [-0.3, -0.25) is 0 Å². The summed E-state index contributed by atoms with van der Waals surface area (Å²) >= 11 is 5.36. The second-order valence-corrected chi connectivity index (χ2v) is 10.8. The smallest absolute Gasteiger partial charge is 0.290 e. The molecule has 0 spiro atoms. The molecule has 0 bridgehead atoms. The van der Waals surface area contributed by atoms with Crippen LogP contribution in [0.4, 0.5) is 0 Å². The molecule has 0 amide bonds. The minimum Gasteiger partial charge on any atom is -0.616 e. The van der Waals surface area contributed by atoms with Crippen molar-refractivity contribution in [3.05, 3.63) is 65.4 Å². The molecule has 4 heterocycles. The first-order chi connectivity index (χ1) is 16.5. The summed E-state index contributed by atoms with van der Waals surface area (Å²) in [6, 6.07) is 17.9. The highest BCUT2D eigenvalue weighted by Gasteiger charge is 2.55. The fourth-order valence-electron chi connectivity index (χ4n) is 4.60. The van der Waals surface area contributed by atoms with E-state index in [0.29, 0.717) is 48.4 Å². The highest BCUT2D eigenvalue weighted by molar-refractivity contribution is 7.91. The Bertz CT molecular complexity index is 1320. The predicted octanol–water partition coefficient (Wildman–Crippen LogP) is 4.77. The van der Waals surface area contributed by atoms with E-state index in [4.69, 9.17) is 30.8 Å². The van der Waals surface area contributed by atoms with Crippen molar-refractivity contribution >= 4 is 33.7 Å². The maximum absolute atomic E-state index is 11.8. The molecule has 0 N–H and O–H groups in total. The summed E-state index contributed by atoms with van der Waals surface area (Å²) in [6.07, 6.45) is 1.17. The number of hydrogen-bond donors (Lipinski definition) is 0. The molecule has 2 aliphatic rings. The summed E-state index contributed by atoms with van der Waals surface area (Å²) in [5.41, 5.74) is 3.75. The molecule has 2 saturated heterocycles. The van der Waals surface area contributed by atoms with Gasteiger partial charge in [-0.15, -0.1) is 0 Å². The van der Waals surface area contributed by atoms with Crippen molar-refractivity contribution < 1.29 is 18.7 Å². The maximum Gasteiger partial charge on any atom is 0.290 e. The van der Waals surface area contributed by atoms with Crippen molar-refractivity contribution in [3.63, 3.8) is 0 Å². The molecule has 0 saturated carbocycles. The van der Waals surface area contributed by atoms with Gasteiger partial charge >= 0.3 is 0 Å². The predicted molar refractivity (Wildman–Crippen MR) is 132 cm³/mol. The Morgan fingerprint density at radius 2 is 1.82 bits per heavy atom. The lowest BCUT2D eigenvalue weighted by atomic mass is 10.1. The van der Waals surface area contributed by atoms with Gasteiger partial charge in [-0.25, -0.2) is 9.88 Å². The lowest BCUT2D eigenvalue weighted by Gasteiger charge is -2.29. The van der Waals surface area contributed by atoms with Gasteiger partial charge in [0.15, 0.2) is 0 Å². The number of aryl methyl sites for hydroxylation is 2. The average molecular weight is 498 g/mol. The van der Waals surface area contributed by atoms with Crippen LogP contribution in [0.2, 0.25) is 5.02 Å². The Hall–Kier alpha value is -2.33. The molecule has 176 valence electrons. The molecule has 2 aromatic carbocycles. The van der Waals surface area contributed by atoms with Crippen molar-refractivity contribution in [2.75, 3.05) is 24.6 Å². The average Bonchev–Trinajstić information content (AvgIpc) is 3.41. The molecule has 7 nitrogen and oxygen atoms in total. The SMILES string of the molecule is Cn1c(-c2nc(-c3ccc(Cl)cc3)c(CCC3(N4CC[S+]([O-])CC4)OO3)o2)cc2ccccc21. The van der Waals surface area contributed by atoms with Crippen LogP contribution in [0.1, 0.15) is 12.2 Å². The number of aromatic nitrogens is 2. The third-order valence-electron chi connectivity index (χ3n) is 6.59. The van der Waals surface area contributed by atoms with E-state index in [0.717, 1.165) is 33.6 Å². The van der Waals surface area contributed by atoms with Crippen LogP contribution in [0.25, 0.3) is 33.7 Å². The standard InChI is InChI=1S/C25H24ClN3O4S/c1-28-20-5-3-2-4-18(20)16-21(28)24-27-23(17-6-8-19(26)9-7-17)22(31-24)10-11-25(32-33-25)29-12-14-34(30)15-13-29/h2-9,16H,10-15H2,1H3. The molecule has 0 radical (unpaired) electrons. The topological polar surface area (TPSA) is 82.3 Å². The lowest BCUT2D eigenvalue weighted by Crippen LogP contribution is -2.48. The van der Waals surface area contributed by atoms with Gasteiger partial charge < -0.3 is 13.5 Å². The molecule has 2 aromatic heterocycles. The molecular formula is C25H24ClN3O4S. The zero-order valence-corrected chi connectivity index (χ0v) is 20.3. The second-order valence-electron chi connectivity index (χ2n) is 8.66. The van der Waals surface area contributed by atoms with E-state index in [9.17, 15) is 4.55 Å². The Kier molecular flexibility index (Phi) is 5.68. The summed E-state index contributed by atoms with van der Waals surface area (Å²) in [7, 11) is 2.02. The first kappa shape index (κ1) is 22.2. The van der Waals surface area contributed by atoms with Gasteiger partial charge in [0.2, 0.25) is 5.89 Å².